The van der Waals surface area contributed by atoms with Gasteiger partial charge in [0.15, 0.2) is 0 Å². The summed E-state index contributed by atoms with van der Waals surface area (Å²) in [6, 6.07) is 6.76. The molecule has 1 aliphatic heterocycles. The number of hydrogen-bond donors (Lipinski definition) is 0. The van der Waals surface area contributed by atoms with Crippen molar-refractivity contribution in [2.75, 3.05) is 13.2 Å². The minimum atomic E-state index is -0.177. The van der Waals surface area contributed by atoms with Crippen molar-refractivity contribution in [2.45, 2.75) is 46.0 Å². The number of benzene rings is 1. The lowest BCUT2D eigenvalue weighted by molar-refractivity contribution is 0.0574. The summed E-state index contributed by atoms with van der Waals surface area (Å²) < 4.78 is 18.6. The minimum absolute atomic E-state index is 0.177. The molecular formula is C19H26FO. The summed E-state index contributed by atoms with van der Waals surface area (Å²) in [4.78, 5) is 0. The third-order valence-corrected chi connectivity index (χ3v) is 4.28. The van der Waals surface area contributed by atoms with Crippen molar-refractivity contribution in [2.24, 2.45) is 5.92 Å². The Morgan fingerprint density at radius 3 is 2.71 bits per heavy atom. The van der Waals surface area contributed by atoms with E-state index >= 15 is 0 Å². The number of halogens is 1. The van der Waals surface area contributed by atoms with Crippen LogP contribution < -0.4 is 0 Å². The number of hydrogen-bond acceptors (Lipinski definition) is 1. The largest absolute Gasteiger partial charge is 0.381 e. The van der Waals surface area contributed by atoms with E-state index < -0.39 is 0 Å². The minimum Gasteiger partial charge on any atom is -0.381 e. The molecular weight excluding hydrogens is 263 g/mol. The predicted molar refractivity (Wildman–Crippen MR) is 86.4 cm³/mol. The van der Waals surface area contributed by atoms with Crippen LogP contribution in [0.3, 0.4) is 0 Å². The lowest BCUT2D eigenvalue weighted by Gasteiger charge is -2.29. The van der Waals surface area contributed by atoms with Gasteiger partial charge >= 0.3 is 0 Å². The fourth-order valence-corrected chi connectivity index (χ4v) is 2.97. The van der Waals surface area contributed by atoms with Crippen molar-refractivity contribution in [1.29, 1.82) is 0 Å². The van der Waals surface area contributed by atoms with E-state index in [-0.39, 0.29) is 5.82 Å². The maximum Gasteiger partial charge on any atom is 0.123 e. The Bertz CT molecular complexity index is 443. The zero-order valence-electron chi connectivity index (χ0n) is 13.2. The van der Waals surface area contributed by atoms with E-state index in [0.717, 1.165) is 25.2 Å². The first-order chi connectivity index (χ1) is 10.2. The number of ether oxygens (including phenoxy) is 1. The predicted octanol–water partition coefficient (Wildman–Crippen LogP) is 5.42. The summed E-state index contributed by atoms with van der Waals surface area (Å²) >= 11 is 0. The molecule has 0 bridgehead atoms. The summed E-state index contributed by atoms with van der Waals surface area (Å²) in [5.41, 5.74) is 2.33. The molecule has 1 aromatic rings. The first-order valence-corrected chi connectivity index (χ1v) is 8.05. The normalized spacial score (nSPS) is 20.0. The van der Waals surface area contributed by atoms with Gasteiger partial charge in [-0.2, -0.15) is 0 Å². The van der Waals surface area contributed by atoms with Gasteiger partial charge in [-0.15, -0.1) is 0 Å². The van der Waals surface area contributed by atoms with Gasteiger partial charge in [0.2, 0.25) is 0 Å². The molecule has 0 aliphatic carbocycles. The summed E-state index contributed by atoms with van der Waals surface area (Å²) in [5.74, 6) is 2.05. The lowest BCUT2D eigenvalue weighted by atomic mass is 9.82. The molecule has 1 unspecified atom stereocenters. The second-order valence-electron chi connectivity index (χ2n) is 5.92. The van der Waals surface area contributed by atoms with Gasteiger partial charge in [-0.25, -0.2) is 4.39 Å². The topological polar surface area (TPSA) is 9.23 Å². The highest BCUT2D eigenvalue weighted by Crippen LogP contribution is 2.32. The van der Waals surface area contributed by atoms with Crippen LogP contribution in [-0.2, 0) is 4.74 Å². The van der Waals surface area contributed by atoms with E-state index in [0.29, 0.717) is 5.92 Å². The van der Waals surface area contributed by atoms with E-state index in [1.165, 1.54) is 43.4 Å². The second kappa shape index (κ2) is 8.33. The average molecular weight is 289 g/mol. The molecule has 2 heteroatoms. The first kappa shape index (κ1) is 16.2. The van der Waals surface area contributed by atoms with Crippen LogP contribution in [0.15, 0.2) is 30.3 Å². The molecule has 0 N–H and O–H groups in total. The molecule has 0 aromatic heterocycles. The second-order valence-corrected chi connectivity index (χ2v) is 5.92. The molecule has 115 valence electrons. The zero-order chi connectivity index (χ0) is 15.1. The Labute approximate surface area is 128 Å². The van der Waals surface area contributed by atoms with Crippen LogP contribution in [0.4, 0.5) is 4.39 Å². The first-order valence-electron chi connectivity index (χ1n) is 8.05. The van der Waals surface area contributed by atoms with Gasteiger partial charge in [0.1, 0.15) is 5.82 Å². The van der Waals surface area contributed by atoms with Gasteiger partial charge in [0.25, 0.3) is 0 Å². The molecule has 1 aliphatic rings. The highest BCUT2D eigenvalue weighted by atomic mass is 19.1. The van der Waals surface area contributed by atoms with Crippen molar-refractivity contribution in [3.05, 3.63) is 47.6 Å². The molecule has 0 saturated carbocycles. The molecule has 1 aromatic carbocycles. The molecule has 1 radical (unpaired) electrons. The highest BCUT2D eigenvalue weighted by Gasteiger charge is 2.23. The number of allylic oxidation sites excluding steroid dienone is 2. The maximum atomic E-state index is 13.0. The third kappa shape index (κ3) is 4.96. The summed E-state index contributed by atoms with van der Waals surface area (Å²) in [5, 5.41) is 0. The van der Waals surface area contributed by atoms with Gasteiger partial charge in [0.05, 0.1) is 0 Å². The monoisotopic (exact) mass is 289 g/mol. The maximum absolute atomic E-state index is 13.0. The van der Waals surface area contributed by atoms with E-state index in [9.17, 15) is 4.39 Å². The smallest absolute Gasteiger partial charge is 0.123 e. The summed E-state index contributed by atoms with van der Waals surface area (Å²) in [6.07, 6.45) is 8.12. The third-order valence-electron chi connectivity index (χ3n) is 4.28. The summed E-state index contributed by atoms with van der Waals surface area (Å²) in [6.45, 7) is 6.15. The van der Waals surface area contributed by atoms with Gasteiger partial charge in [-0.1, -0.05) is 31.6 Å². The molecule has 1 saturated heterocycles. The van der Waals surface area contributed by atoms with Crippen molar-refractivity contribution in [3.8, 4) is 0 Å². The van der Waals surface area contributed by atoms with Crippen LogP contribution in [0.25, 0.3) is 5.57 Å². The van der Waals surface area contributed by atoms with Crippen LogP contribution in [0, 0.1) is 17.7 Å². The molecule has 1 nitrogen and oxygen atoms in total. The lowest BCUT2D eigenvalue weighted by Crippen LogP contribution is -2.23. The van der Waals surface area contributed by atoms with Gasteiger partial charge in [-0.05, 0) is 67.7 Å². The van der Waals surface area contributed by atoms with E-state index in [1.54, 1.807) is 5.92 Å². The molecule has 21 heavy (non-hydrogen) atoms. The average Bonchev–Trinajstić information content (AvgIpc) is 2.52. The van der Waals surface area contributed by atoms with Crippen LogP contribution in [0.2, 0.25) is 0 Å². The summed E-state index contributed by atoms with van der Waals surface area (Å²) in [7, 11) is 0. The Balaban J connectivity index is 1.98. The molecule has 1 heterocycles. The fraction of sp³-hybridized carbons (Fsp3) is 0.526. The fourth-order valence-electron chi connectivity index (χ4n) is 2.97. The Morgan fingerprint density at radius 2 is 2.10 bits per heavy atom. The van der Waals surface area contributed by atoms with Crippen molar-refractivity contribution in [3.63, 3.8) is 0 Å². The van der Waals surface area contributed by atoms with Crippen molar-refractivity contribution >= 4 is 5.57 Å². The molecule has 0 amide bonds. The van der Waals surface area contributed by atoms with Crippen LogP contribution in [0.1, 0.15) is 51.5 Å². The Morgan fingerprint density at radius 1 is 1.33 bits per heavy atom. The van der Waals surface area contributed by atoms with E-state index in [4.69, 9.17) is 4.74 Å². The van der Waals surface area contributed by atoms with Crippen LogP contribution in [0.5, 0.6) is 0 Å². The zero-order valence-corrected chi connectivity index (χ0v) is 13.2. The number of rotatable bonds is 6. The van der Waals surface area contributed by atoms with Gasteiger partial charge < -0.3 is 4.74 Å². The molecule has 0 spiro atoms. The Hall–Kier alpha value is -1.15. The SMILES string of the molecule is CCC[C](CC=C(C)c1ccc(F)cc1)C1CCCOC1. The quantitative estimate of drug-likeness (QED) is 0.679. The van der Waals surface area contributed by atoms with Crippen LogP contribution in [-0.4, -0.2) is 13.2 Å². The van der Waals surface area contributed by atoms with Crippen LogP contribution >= 0.6 is 0 Å². The van der Waals surface area contributed by atoms with Gasteiger partial charge in [-0.3, -0.25) is 0 Å². The molecule has 2 rings (SSSR count). The van der Waals surface area contributed by atoms with E-state index in [2.05, 4.69) is 19.9 Å². The van der Waals surface area contributed by atoms with Crippen molar-refractivity contribution in [1.82, 2.24) is 0 Å². The Kier molecular flexibility index (Phi) is 6.44. The van der Waals surface area contributed by atoms with E-state index in [1.807, 2.05) is 12.1 Å². The standard InChI is InChI=1S/C19H26FO/c1-3-5-17(18-6-4-13-21-14-18)8-7-15(2)16-9-11-19(20)12-10-16/h7,9-12,18H,3-6,8,13-14H2,1-2H3. The molecule has 1 fully saturated rings. The van der Waals surface area contributed by atoms with Crippen molar-refractivity contribution < 1.29 is 9.13 Å². The van der Waals surface area contributed by atoms with Gasteiger partial charge in [0, 0.05) is 13.2 Å². The molecule has 1 atom stereocenters. The highest BCUT2D eigenvalue weighted by molar-refractivity contribution is 5.63.